The Kier molecular flexibility index (Phi) is 7.75. The van der Waals surface area contributed by atoms with Crippen LogP contribution in [0.4, 0.5) is 18.3 Å². The monoisotopic (exact) mass is 625 g/mol. The van der Waals surface area contributed by atoms with E-state index in [-0.39, 0.29) is 40.9 Å². The number of amides is 1. The van der Waals surface area contributed by atoms with Gasteiger partial charge in [-0.3, -0.25) is 15.0 Å². The molecule has 6 rings (SSSR count). The van der Waals surface area contributed by atoms with Crippen molar-refractivity contribution in [2.24, 2.45) is 5.16 Å². The van der Waals surface area contributed by atoms with Crippen LogP contribution in [0.5, 0.6) is 0 Å². The SMILES string of the molecule is O=C(Nc1ncc(CN2CCn3c(nnc3C(F)(F)F)C2)s1)C(=NO[C@@H]1CCOC1)c1ccc(S(=O)(=O)C2CC2)cc1. The van der Waals surface area contributed by atoms with E-state index in [1.54, 1.807) is 6.20 Å². The number of sulfone groups is 1. The van der Waals surface area contributed by atoms with Crippen LogP contribution in [0.15, 0.2) is 40.5 Å². The van der Waals surface area contributed by atoms with E-state index in [0.29, 0.717) is 56.3 Å². The first kappa shape index (κ1) is 28.7. The van der Waals surface area contributed by atoms with Crippen molar-refractivity contribution >= 4 is 37.9 Å². The fourth-order valence-corrected chi connectivity index (χ4v) is 7.20. The van der Waals surface area contributed by atoms with Crippen molar-refractivity contribution < 1.29 is 36.0 Å². The third-order valence-corrected chi connectivity index (χ3v) is 10.2. The highest BCUT2D eigenvalue weighted by atomic mass is 32.2. The number of carbonyl (C=O) groups excluding carboxylic acids is 1. The van der Waals surface area contributed by atoms with Gasteiger partial charge in [-0.2, -0.15) is 13.2 Å². The van der Waals surface area contributed by atoms with Gasteiger partial charge in [0, 0.05) is 42.7 Å². The van der Waals surface area contributed by atoms with Crippen molar-refractivity contribution in [3.8, 4) is 0 Å². The number of carbonyl (C=O) groups is 1. The molecule has 0 bridgehead atoms. The van der Waals surface area contributed by atoms with Crippen LogP contribution < -0.4 is 5.32 Å². The number of nitrogens with one attached hydrogen (secondary N) is 1. The fraction of sp³-hybridized carbons (Fsp3) is 0.480. The number of oxime groups is 1. The Morgan fingerprint density at radius 2 is 1.95 bits per heavy atom. The third kappa shape index (κ3) is 6.18. The number of hydrogen-bond acceptors (Lipinski definition) is 11. The second-order valence-electron chi connectivity index (χ2n) is 10.2. The molecule has 0 unspecified atom stereocenters. The van der Waals surface area contributed by atoms with Crippen LogP contribution in [-0.2, 0) is 50.0 Å². The Morgan fingerprint density at radius 3 is 2.64 bits per heavy atom. The summed E-state index contributed by atoms with van der Waals surface area (Å²) in [5.74, 6) is -1.37. The maximum Gasteiger partial charge on any atom is 0.451 e. The summed E-state index contributed by atoms with van der Waals surface area (Å²) >= 11 is 1.21. The van der Waals surface area contributed by atoms with E-state index < -0.39 is 27.7 Å². The number of aromatic nitrogens is 4. The largest absolute Gasteiger partial charge is 0.451 e. The van der Waals surface area contributed by atoms with Gasteiger partial charge in [0.05, 0.1) is 29.9 Å². The normalized spacial score (nSPS) is 20.0. The van der Waals surface area contributed by atoms with Gasteiger partial charge in [0.15, 0.2) is 26.8 Å². The molecular weight excluding hydrogens is 599 g/mol. The number of hydrogen-bond donors (Lipinski definition) is 1. The van der Waals surface area contributed by atoms with E-state index in [9.17, 15) is 26.4 Å². The molecule has 12 nitrogen and oxygen atoms in total. The van der Waals surface area contributed by atoms with Crippen molar-refractivity contribution in [1.29, 1.82) is 0 Å². The van der Waals surface area contributed by atoms with E-state index in [1.807, 2.05) is 4.90 Å². The van der Waals surface area contributed by atoms with Gasteiger partial charge >= 0.3 is 6.18 Å². The second kappa shape index (κ2) is 11.3. The molecule has 0 spiro atoms. The van der Waals surface area contributed by atoms with E-state index in [1.165, 1.54) is 35.6 Å². The van der Waals surface area contributed by atoms with Crippen LogP contribution in [0, 0.1) is 0 Å². The molecule has 1 saturated heterocycles. The number of halogens is 3. The first-order chi connectivity index (χ1) is 20.1. The predicted octanol–water partition coefficient (Wildman–Crippen LogP) is 2.85. The summed E-state index contributed by atoms with van der Waals surface area (Å²) in [6.07, 6.45) is -1.38. The Balaban J connectivity index is 1.14. The first-order valence-corrected chi connectivity index (χ1v) is 15.6. The summed E-state index contributed by atoms with van der Waals surface area (Å²) in [5.41, 5.74) is 0.318. The van der Waals surface area contributed by atoms with Crippen LogP contribution in [0.1, 0.15) is 41.4 Å². The number of nitrogens with zero attached hydrogens (tertiary/aromatic N) is 6. The van der Waals surface area contributed by atoms with E-state index >= 15 is 0 Å². The zero-order chi connectivity index (χ0) is 29.5. The van der Waals surface area contributed by atoms with Crippen molar-refractivity contribution in [2.45, 2.75) is 61.3 Å². The maximum atomic E-state index is 13.3. The van der Waals surface area contributed by atoms with Gasteiger partial charge in [0.1, 0.15) is 5.82 Å². The summed E-state index contributed by atoms with van der Waals surface area (Å²) in [6, 6.07) is 5.97. The van der Waals surface area contributed by atoms with Gasteiger partial charge in [-0.05, 0) is 25.0 Å². The lowest BCUT2D eigenvalue weighted by molar-refractivity contribution is -0.148. The molecule has 1 aliphatic carbocycles. The van der Waals surface area contributed by atoms with Gasteiger partial charge in [-0.1, -0.05) is 17.3 Å². The van der Waals surface area contributed by atoms with E-state index in [2.05, 4.69) is 25.7 Å². The number of alkyl halides is 3. The number of benzene rings is 1. The van der Waals surface area contributed by atoms with Crippen LogP contribution in [-0.4, -0.2) is 75.8 Å². The van der Waals surface area contributed by atoms with Crippen LogP contribution in [0.3, 0.4) is 0 Å². The minimum absolute atomic E-state index is 0.0511. The number of anilines is 1. The van der Waals surface area contributed by atoms with Crippen LogP contribution in [0.2, 0.25) is 0 Å². The van der Waals surface area contributed by atoms with Gasteiger partial charge in [-0.15, -0.1) is 21.5 Å². The standard InChI is InChI=1S/C25H26F3N7O5S2/c26-25(27,28)23-32-31-20-13-34(8-9-35(20)23)12-17-11-29-24(41-17)30-22(36)21(33-40-16-7-10-39-14-16)15-1-3-18(4-2-15)42(37,38)19-5-6-19/h1-4,11,16,19H,5-10,12-14H2,(H,29,30,36)/t16-/m1/s1. The molecule has 1 amide bonds. The highest BCUT2D eigenvalue weighted by Crippen LogP contribution is 2.34. The fourth-order valence-electron chi connectivity index (χ4n) is 4.69. The lowest BCUT2D eigenvalue weighted by atomic mass is 10.1. The molecule has 1 aromatic carbocycles. The molecule has 1 N–H and O–H groups in total. The molecule has 3 aliphatic rings. The lowest BCUT2D eigenvalue weighted by Gasteiger charge is -2.27. The van der Waals surface area contributed by atoms with E-state index in [0.717, 1.165) is 9.44 Å². The van der Waals surface area contributed by atoms with Gasteiger partial charge in [0.2, 0.25) is 5.82 Å². The van der Waals surface area contributed by atoms with Crippen LogP contribution in [0.25, 0.3) is 0 Å². The molecule has 3 aromatic rings. The van der Waals surface area contributed by atoms with Crippen molar-refractivity contribution in [1.82, 2.24) is 24.6 Å². The van der Waals surface area contributed by atoms with Crippen molar-refractivity contribution in [3.05, 3.63) is 52.6 Å². The van der Waals surface area contributed by atoms with E-state index in [4.69, 9.17) is 9.57 Å². The summed E-state index contributed by atoms with van der Waals surface area (Å²) in [7, 11) is -3.39. The average molecular weight is 626 g/mol. The van der Waals surface area contributed by atoms with Crippen molar-refractivity contribution in [2.75, 3.05) is 25.1 Å². The zero-order valence-corrected chi connectivity index (χ0v) is 23.7. The molecule has 2 aromatic heterocycles. The zero-order valence-electron chi connectivity index (χ0n) is 22.1. The Bertz CT molecular complexity index is 1590. The molecule has 1 atom stereocenters. The first-order valence-electron chi connectivity index (χ1n) is 13.2. The highest BCUT2D eigenvalue weighted by Gasteiger charge is 2.39. The molecule has 1 saturated carbocycles. The molecule has 2 fully saturated rings. The number of thiazole rings is 1. The minimum Gasteiger partial charge on any atom is -0.389 e. The van der Waals surface area contributed by atoms with Gasteiger partial charge in [-0.25, -0.2) is 13.4 Å². The second-order valence-corrected chi connectivity index (χ2v) is 13.5. The molecule has 0 radical (unpaired) electrons. The quantitative estimate of drug-likeness (QED) is 0.281. The summed E-state index contributed by atoms with van der Waals surface area (Å²) in [4.78, 5) is 26.0. The average Bonchev–Trinajstić information content (AvgIpc) is 3.30. The molecule has 4 heterocycles. The summed E-state index contributed by atoms with van der Waals surface area (Å²) in [6.45, 7) is 1.91. The maximum absolute atomic E-state index is 13.3. The predicted molar refractivity (Wildman–Crippen MR) is 143 cm³/mol. The van der Waals surface area contributed by atoms with Gasteiger partial charge in [0.25, 0.3) is 5.91 Å². The van der Waals surface area contributed by atoms with Crippen LogP contribution >= 0.6 is 11.3 Å². The van der Waals surface area contributed by atoms with Crippen molar-refractivity contribution in [3.63, 3.8) is 0 Å². The Hall–Kier alpha value is -3.41. The highest BCUT2D eigenvalue weighted by molar-refractivity contribution is 7.92. The Morgan fingerprint density at radius 1 is 1.17 bits per heavy atom. The third-order valence-electron chi connectivity index (χ3n) is 7.05. The molecule has 2 aliphatic heterocycles. The number of ether oxygens (including phenoxy) is 1. The molecular formula is C25H26F3N7O5S2. The number of rotatable bonds is 9. The Labute approximate surface area is 242 Å². The molecule has 224 valence electrons. The summed E-state index contributed by atoms with van der Waals surface area (Å²) in [5, 5.41) is 13.8. The summed E-state index contributed by atoms with van der Waals surface area (Å²) < 4.78 is 70.9. The lowest BCUT2D eigenvalue weighted by Crippen LogP contribution is -2.34. The smallest absolute Gasteiger partial charge is 0.389 e. The molecule has 42 heavy (non-hydrogen) atoms. The van der Waals surface area contributed by atoms with Gasteiger partial charge < -0.3 is 14.1 Å². The topological polar surface area (TPSA) is 141 Å². The number of fused-ring (bicyclic) bond motifs is 1. The minimum atomic E-state index is -4.56. The molecule has 17 heteroatoms.